The third kappa shape index (κ3) is 10.3. The lowest BCUT2D eigenvalue weighted by atomic mass is 9.78. The van der Waals surface area contributed by atoms with Gasteiger partial charge in [0.2, 0.25) is 0 Å². The third-order valence-electron chi connectivity index (χ3n) is 12.0. The highest BCUT2D eigenvalue weighted by molar-refractivity contribution is 5.88. The van der Waals surface area contributed by atoms with Gasteiger partial charge in [-0.05, 0) is 169 Å². The number of allylic oxidation sites excluding steroid dienone is 10. The lowest BCUT2D eigenvalue weighted by Gasteiger charge is -2.25. The van der Waals surface area contributed by atoms with Crippen molar-refractivity contribution in [3.05, 3.63) is 196 Å². The molecular formula is C58H68. The van der Waals surface area contributed by atoms with Crippen LogP contribution in [0, 0.1) is 13.8 Å². The van der Waals surface area contributed by atoms with Crippen LogP contribution in [-0.2, 0) is 18.3 Å². The monoisotopic (exact) mass is 765 g/mol. The van der Waals surface area contributed by atoms with Crippen molar-refractivity contribution < 1.29 is 0 Å². The number of hydrogen-bond acceptors (Lipinski definition) is 0. The molecule has 2 aliphatic carbocycles. The molecule has 0 aromatic heterocycles. The second-order valence-electron chi connectivity index (χ2n) is 16.9. The molecule has 58 heavy (non-hydrogen) atoms. The van der Waals surface area contributed by atoms with Crippen LogP contribution in [0.1, 0.15) is 132 Å². The number of aryl methyl sites for hydroxylation is 3. The van der Waals surface area contributed by atoms with Crippen LogP contribution in [0.3, 0.4) is 0 Å². The predicted molar refractivity (Wildman–Crippen MR) is 258 cm³/mol. The minimum absolute atomic E-state index is 0.00775. The zero-order valence-electron chi connectivity index (χ0n) is 37.5. The standard InChI is InChI=1S/C41H42.C10H14.C7H12/c1-7-8-9-10-11-15-27(2)31-21-20-30-16-14-17-32-26-36(28(3)24-37(32)38(30)25-31)33-22-23-35-34-18-12-13-19-39(34)41(5,6)40(35)29(33)4;1-3-9(2)10-7-5-4-6-8-10;1-4-5-6-7(2)3/h8-13,15,18-26H,7,14,16-17H2,1-6H3;4-9H,3H2,1-2H3;4-6H,1-3H3/b9-8+,11-10-,27-15+;;5-4-. The largest absolute Gasteiger partial charge is 0.0877 e. The van der Waals surface area contributed by atoms with Crippen molar-refractivity contribution in [2.45, 2.75) is 120 Å². The van der Waals surface area contributed by atoms with E-state index in [2.05, 4.69) is 203 Å². The molecule has 0 fully saturated rings. The van der Waals surface area contributed by atoms with Crippen LogP contribution in [-0.4, -0.2) is 0 Å². The average molecular weight is 765 g/mol. The van der Waals surface area contributed by atoms with Crippen molar-refractivity contribution in [3.8, 4) is 33.4 Å². The smallest absolute Gasteiger partial charge is 0.0161 e. The fourth-order valence-corrected chi connectivity index (χ4v) is 8.57. The molecule has 1 unspecified atom stereocenters. The van der Waals surface area contributed by atoms with E-state index in [1.807, 2.05) is 19.1 Å². The Bertz CT molecular complexity index is 2310. The molecular weight excluding hydrogens is 697 g/mol. The highest BCUT2D eigenvalue weighted by Gasteiger charge is 2.37. The van der Waals surface area contributed by atoms with Crippen LogP contribution in [0.4, 0.5) is 0 Å². The molecule has 1 atom stereocenters. The highest BCUT2D eigenvalue weighted by Crippen LogP contribution is 2.52. The van der Waals surface area contributed by atoms with E-state index >= 15 is 0 Å². The zero-order chi connectivity index (χ0) is 41.8. The molecule has 5 aromatic rings. The van der Waals surface area contributed by atoms with Crippen LogP contribution < -0.4 is 0 Å². The molecule has 5 aromatic carbocycles. The fraction of sp³-hybridized carbons (Fsp3) is 0.310. The summed E-state index contributed by atoms with van der Waals surface area (Å²) in [5.74, 6) is 0.709. The lowest BCUT2D eigenvalue weighted by molar-refractivity contribution is 0.656. The Hall–Kier alpha value is -5.20. The van der Waals surface area contributed by atoms with Crippen molar-refractivity contribution in [1.29, 1.82) is 0 Å². The maximum Gasteiger partial charge on any atom is 0.0161 e. The summed E-state index contributed by atoms with van der Waals surface area (Å²) < 4.78 is 0. The molecule has 0 amide bonds. The van der Waals surface area contributed by atoms with E-state index in [9.17, 15) is 0 Å². The van der Waals surface area contributed by atoms with Gasteiger partial charge in [-0.2, -0.15) is 0 Å². The predicted octanol–water partition coefficient (Wildman–Crippen LogP) is 17.1. The van der Waals surface area contributed by atoms with E-state index in [4.69, 9.17) is 0 Å². The quantitative estimate of drug-likeness (QED) is 0.138. The van der Waals surface area contributed by atoms with Gasteiger partial charge in [-0.3, -0.25) is 0 Å². The van der Waals surface area contributed by atoms with Crippen LogP contribution >= 0.6 is 0 Å². The van der Waals surface area contributed by atoms with E-state index in [1.54, 1.807) is 0 Å². The van der Waals surface area contributed by atoms with E-state index in [1.165, 1.54) is 102 Å². The number of benzene rings is 5. The Morgan fingerprint density at radius 1 is 0.655 bits per heavy atom. The number of fused-ring (bicyclic) bond motifs is 6. The Labute approximate surface area is 352 Å². The first-order chi connectivity index (χ1) is 27.9. The summed E-state index contributed by atoms with van der Waals surface area (Å²) in [6.07, 6.45) is 22.7. The lowest BCUT2D eigenvalue weighted by Crippen LogP contribution is -2.16. The summed E-state index contributed by atoms with van der Waals surface area (Å²) in [6.45, 7) is 24.5. The average Bonchev–Trinajstić information content (AvgIpc) is 3.33. The molecule has 300 valence electrons. The number of rotatable bonds is 8. The van der Waals surface area contributed by atoms with Crippen molar-refractivity contribution in [2.24, 2.45) is 0 Å². The van der Waals surface area contributed by atoms with Gasteiger partial charge in [0, 0.05) is 5.41 Å². The van der Waals surface area contributed by atoms with Crippen molar-refractivity contribution in [2.75, 3.05) is 0 Å². The van der Waals surface area contributed by atoms with Crippen molar-refractivity contribution in [1.82, 2.24) is 0 Å². The van der Waals surface area contributed by atoms with Crippen LogP contribution in [0.15, 0.2) is 151 Å². The third-order valence-corrected chi connectivity index (χ3v) is 12.0. The molecule has 0 saturated heterocycles. The maximum atomic E-state index is 2.52. The second-order valence-corrected chi connectivity index (χ2v) is 16.9. The molecule has 0 N–H and O–H groups in total. The van der Waals surface area contributed by atoms with E-state index < -0.39 is 0 Å². The maximum absolute atomic E-state index is 2.52. The van der Waals surface area contributed by atoms with Gasteiger partial charge in [0.25, 0.3) is 0 Å². The van der Waals surface area contributed by atoms with Gasteiger partial charge < -0.3 is 0 Å². The summed E-state index contributed by atoms with van der Waals surface area (Å²) in [7, 11) is 0. The SMILES string of the molecule is C/C=C\C=C(C)C.CC/C=C/C=C\C=C(/C)c1ccc2c(c1)-c1cc(C)c(-c3ccc4c(c3C)C(C)(C)c3ccccc3-4)cc1CCC2.CCC(C)c1ccccc1. The first kappa shape index (κ1) is 43.9. The first-order valence-electron chi connectivity index (χ1n) is 21.7. The van der Waals surface area contributed by atoms with Crippen molar-refractivity contribution in [3.63, 3.8) is 0 Å². The van der Waals surface area contributed by atoms with Gasteiger partial charge in [-0.25, -0.2) is 0 Å². The minimum atomic E-state index is 0.00775. The topological polar surface area (TPSA) is 0 Å². The van der Waals surface area contributed by atoms with Gasteiger partial charge in [0.05, 0.1) is 0 Å². The van der Waals surface area contributed by atoms with E-state index in [0.717, 1.165) is 19.3 Å². The number of hydrogen-bond donors (Lipinski definition) is 0. The zero-order valence-corrected chi connectivity index (χ0v) is 37.5. The fourth-order valence-electron chi connectivity index (χ4n) is 8.57. The summed E-state index contributed by atoms with van der Waals surface area (Å²) >= 11 is 0. The van der Waals surface area contributed by atoms with Gasteiger partial charge in [0.15, 0.2) is 0 Å². The molecule has 0 saturated carbocycles. The first-order valence-corrected chi connectivity index (χ1v) is 21.7. The molecule has 0 spiro atoms. The molecule has 0 heterocycles. The van der Waals surface area contributed by atoms with Gasteiger partial charge in [-0.1, -0.05) is 180 Å². The molecule has 7 rings (SSSR count). The van der Waals surface area contributed by atoms with Gasteiger partial charge in [0.1, 0.15) is 0 Å². The summed E-state index contributed by atoms with van der Waals surface area (Å²) in [5, 5.41) is 0. The molecule has 0 bridgehead atoms. The Morgan fingerprint density at radius 2 is 1.34 bits per heavy atom. The normalized spacial score (nSPS) is 14.4. The minimum Gasteiger partial charge on any atom is -0.0877 e. The Balaban J connectivity index is 0.000000313. The molecule has 0 aliphatic heterocycles. The summed E-state index contributed by atoms with van der Waals surface area (Å²) in [6, 6.07) is 36.4. The van der Waals surface area contributed by atoms with Gasteiger partial charge >= 0.3 is 0 Å². The van der Waals surface area contributed by atoms with Crippen LogP contribution in [0.5, 0.6) is 0 Å². The van der Waals surface area contributed by atoms with E-state index in [0.29, 0.717) is 5.92 Å². The molecule has 0 nitrogen and oxygen atoms in total. The molecule has 0 radical (unpaired) electrons. The van der Waals surface area contributed by atoms with Gasteiger partial charge in [-0.15, -0.1) is 0 Å². The summed E-state index contributed by atoms with van der Waals surface area (Å²) in [5.41, 5.74) is 22.5. The highest BCUT2D eigenvalue weighted by atomic mass is 14.4. The second kappa shape index (κ2) is 20.5. The van der Waals surface area contributed by atoms with Crippen LogP contribution in [0.2, 0.25) is 0 Å². The van der Waals surface area contributed by atoms with E-state index in [-0.39, 0.29) is 5.41 Å². The Kier molecular flexibility index (Phi) is 15.5. The van der Waals surface area contributed by atoms with Crippen molar-refractivity contribution >= 4 is 5.57 Å². The molecule has 2 aliphatic rings. The summed E-state index contributed by atoms with van der Waals surface area (Å²) in [4.78, 5) is 0. The molecule has 0 heteroatoms. The Morgan fingerprint density at radius 3 is 2.03 bits per heavy atom. The van der Waals surface area contributed by atoms with Crippen LogP contribution in [0.25, 0.3) is 39.0 Å².